The molecule has 0 amide bonds. The molecule has 0 bridgehead atoms. The van der Waals surface area contributed by atoms with Crippen LogP contribution >= 0.6 is 0 Å². The Morgan fingerprint density at radius 2 is 1.89 bits per heavy atom. The number of allylic oxidation sites excluding steroid dienone is 2. The van der Waals surface area contributed by atoms with Crippen LogP contribution in [0.25, 0.3) is 11.0 Å². The highest BCUT2D eigenvalue weighted by molar-refractivity contribution is 5.77. The van der Waals surface area contributed by atoms with Crippen molar-refractivity contribution < 1.29 is 28.9 Å². The molecule has 1 aliphatic rings. The maximum Gasteiger partial charge on any atom is 0.344 e. The molecule has 7 nitrogen and oxygen atoms in total. The van der Waals surface area contributed by atoms with E-state index in [1.54, 1.807) is 6.92 Å². The van der Waals surface area contributed by atoms with Gasteiger partial charge in [-0.25, -0.2) is 4.79 Å². The van der Waals surface area contributed by atoms with Crippen LogP contribution in [0, 0.1) is 5.92 Å². The summed E-state index contributed by atoms with van der Waals surface area (Å²) in [7, 11) is 0. The summed E-state index contributed by atoms with van der Waals surface area (Å²) < 4.78 is 16.3. The van der Waals surface area contributed by atoms with E-state index in [1.807, 2.05) is 97.6 Å². The predicted molar refractivity (Wildman–Crippen MR) is 147 cm³/mol. The van der Waals surface area contributed by atoms with Crippen molar-refractivity contribution in [2.45, 2.75) is 51.5 Å². The van der Waals surface area contributed by atoms with Gasteiger partial charge < -0.3 is 24.1 Å². The van der Waals surface area contributed by atoms with Crippen molar-refractivity contribution in [2.75, 3.05) is 19.8 Å². The normalized spacial score (nSPS) is 20.5. The number of esters is 1. The van der Waals surface area contributed by atoms with Crippen molar-refractivity contribution in [2.24, 2.45) is 5.92 Å². The number of fused-ring (bicyclic) bond motifs is 1. The van der Waals surface area contributed by atoms with Crippen LogP contribution < -0.4 is 4.74 Å². The number of para-hydroxylation sites is 1. The second-order valence-corrected chi connectivity index (χ2v) is 9.69. The van der Waals surface area contributed by atoms with Gasteiger partial charge in [0.05, 0.1) is 6.61 Å². The second-order valence-electron chi connectivity index (χ2n) is 9.69. The molecule has 2 N–H and O–H groups in total. The minimum absolute atomic E-state index is 0.128. The standard InChI is InChI=1S/C31H37NO6/c1-4-25-11-8-9-17-31(25,35)32(20-27(33)29-19-24-10-6-7-12-28(24)38-29)22(3)18-23-13-15-26(16-14-23)37-21-30(34)36-5-2/h6-17,19,22,25,27,33,35H,4-5,18,20-21H2,1-3H3/t22-,25-,27?,31?/m1/s1. The van der Waals surface area contributed by atoms with Crippen LogP contribution in [0.3, 0.4) is 0 Å². The van der Waals surface area contributed by atoms with Gasteiger partial charge >= 0.3 is 5.97 Å². The van der Waals surface area contributed by atoms with Crippen LogP contribution in [-0.2, 0) is 16.0 Å². The zero-order valence-corrected chi connectivity index (χ0v) is 22.2. The number of nitrogens with zero attached hydrogens (tertiary/aromatic N) is 1. The van der Waals surface area contributed by atoms with Gasteiger partial charge in [-0.1, -0.05) is 55.5 Å². The predicted octanol–water partition coefficient (Wildman–Crippen LogP) is 5.18. The summed E-state index contributed by atoms with van der Waals surface area (Å²) in [6.45, 7) is 6.22. The van der Waals surface area contributed by atoms with Crippen LogP contribution in [-0.4, -0.2) is 52.6 Å². The molecule has 4 atom stereocenters. The number of carbonyl (C=O) groups is 1. The van der Waals surface area contributed by atoms with Crippen molar-refractivity contribution >= 4 is 16.9 Å². The third-order valence-electron chi connectivity index (χ3n) is 7.03. The zero-order chi connectivity index (χ0) is 27.1. The summed E-state index contributed by atoms with van der Waals surface area (Å²) >= 11 is 0. The Morgan fingerprint density at radius 3 is 2.61 bits per heavy atom. The average molecular weight is 520 g/mol. The Kier molecular flexibility index (Phi) is 9.05. The Labute approximate surface area is 224 Å². The Balaban J connectivity index is 1.52. The van der Waals surface area contributed by atoms with Gasteiger partial charge in [0, 0.05) is 23.9 Å². The number of aliphatic hydroxyl groups excluding tert-OH is 1. The highest BCUT2D eigenvalue weighted by atomic mass is 16.6. The maximum absolute atomic E-state index is 12.0. The summed E-state index contributed by atoms with van der Waals surface area (Å²) in [6.07, 6.45) is 8.09. The number of benzene rings is 2. The van der Waals surface area contributed by atoms with E-state index in [0.717, 1.165) is 23.0 Å². The molecule has 0 saturated carbocycles. The van der Waals surface area contributed by atoms with Gasteiger partial charge in [0.1, 0.15) is 28.9 Å². The molecule has 202 valence electrons. The van der Waals surface area contributed by atoms with Gasteiger partial charge in [0.25, 0.3) is 0 Å². The Hall–Kier alpha value is -3.39. The van der Waals surface area contributed by atoms with Gasteiger partial charge in [0.15, 0.2) is 6.61 Å². The first-order valence-electron chi connectivity index (χ1n) is 13.2. The lowest BCUT2D eigenvalue weighted by Gasteiger charge is -2.46. The number of hydrogen-bond acceptors (Lipinski definition) is 7. The average Bonchev–Trinajstić information content (AvgIpc) is 3.36. The number of hydrogen-bond donors (Lipinski definition) is 2. The number of furan rings is 1. The van der Waals surface area contributed by atoms with Gasteiger partial charge in [-0.05, 0) is 62.6 Å². The molecule has 2 aromatic carbocycles. The van der Waals surface area contributed by atoms with Crippen LogP contribution in [0.1, 0.15) is 44.6 Å². The van der Waals surface area contributed by atoms with Gasteiger partial charge in [0.2, 0.25) is 0 Å². The van der Waals surface area contributed by atoms with Gasteiger partial charge in [-0.2, -0.15) is 0 Å². The van der Waals surface area contributed by atoms with Crippen LogP contribution in [0.4, 0.5) is 0 Å². The Morgan fingerprint density at radius 1 is 1.13 bits per heavy atom. The van der Waals surface area contributed by atoms with E-state index in [0.29, 0.717) is 24.5 Å². The molecule has 0 fully saturated rings. The largest absolute Gasteiger partial charge is 0.482 e. The first kappa shape index (κ1) is 27.6. The lowest BCUT2D eigenvalue weighted by Crippen LogP contribution is -2.58. The first-order valence-corrected chi connectivity index (χ1v) is 13.2. The fourth-order valence-corrected chi connectivity index (χ4v) is 5.05. The summed E-state index contributed by atoms with van der Waals surface area (Å²) in [6, 6.07) is 16.9. The van der Waals surface area contributed by atoms with Gasteiger partial charge in [-0.3, -0.25) is 4.90 Å². The molecule has 0 saturated heterocycles. The maximum atomic E-state index is 12.0. The van der Waals surface area contributed by atoms with Crippen LogP contribution in [0.5, 0.6) is 5.75 Å². The molecule has 0 radical (unpaired) electrons. The molecule has 1 heterocycles. The molecule has 0 aliphatic heterocycles. The quantitative estimate of drug-likeness (QED) is 0.252. The molecule has 2 unspecified atom stereocenters. The van der Waals surface area contributed by atoms with Gasteiger partial charge in [-0.15, -0.1) is 0 Å². The van der Waals surface area contributed by atoms with Crippen molar-refractivity contribution in [1.82, 2.24) is 4.90 Å². The first-order chi connectivity index (χ1) is 18.3. The van der Waals surface area contributed by atoms with E-state index in [9.17, 15) is 15.0 Å². The summed E-state index contributed by atoms with van der Waals surface area (Å²) in [4.78, 5) is 13.5. The van der Waals surface area contributed by atoms with Crippen LogP contribution in [0.15, 0.2) is 83.3 Å². The highest BCUT2D eigenvalue weighted by Gasteiger charge is 2.42. The van der Waals surface area contributed by atoms with E-state index >= 15 is 0 Å². The molecule has 7 heteroatoms. The number of ether oxygens (including phenoxy) is 2. The molecular weight excluding hydrogens is 482 g/mol. The number of aliphatic hydroxyl groups is 2. The monoisotopic (exact) mass is 519 g/mol. The molecule has 3 aromatic rings. The smallest absolute Gasteiger partial charge is 0.344 e. The Bertz CT molecular complexity index is 1230. The lowest BCUT2D eigenvalue weighted by atomic mass is 9.85. The number of carbonyl (C=O) groups excluding carboxylic acids is 1. The fourth-order valence-electron chi connectivity index (χ4n) is 5.05. The third kappa shape index (κ3) is 6.35. The van der Waals surface area contributed by atoms with E-state index in [2.05, 4.69) is 0 Å². The molecule has 1 aromatic heterocycles. The van der Waals surface area contributed by atoms with Crippen molar-refractivity contribution in [3.05, 3.63) is 90.2 Å². The third-order valence-corrected chi connectivity index (χ3v) is 7.03. The highest BCUT2D eigenvalue weighted by Crippen LogP contribution is 2.35. The molecular formula is C31H37NO6. The van der Waals surface area contributed by atoms with Crippen LogP contribution in [0.2, 0.25) is 0 Å². The number of rotatable bonds is 12. The molecule has 1 aliphatic carbocycles. The van der Waals surface area contributed by atoms with Crippen molar-refractivity contribution in [3.63, 3.8) is 0 Å². The SMILES string of the molecule is CCOC(=O)COc1ccc(C[C@@H](C)N(CC(O)c2cc3ccccc3o2)C2(O)C=CC=C[C@H]2CC)cc1. The summed E-state index contributed by atoms with van der Waals surface area (Å²) in [5.74, 6) is 0.517. The van der Waals surface area contributed by atoms with E-state index < -0.39 is 17.8 Å². The lowest BCUT2D eigenvalue weighted by molar-refractivity contribution is -0.145. The zero-order valence-electron chi connectivity index (χ0n) is 22.2. The fraction of sp³-hybridized carbons (Fsp3) is 0.387. The molecule has 38 heavy (non-hydrogen) atoms. The summed E-state index contributed by atoms with van der Waals surface area (Å²) in [5.41, 5.74) is 0.492. The minimum atomic E-state index is -1.27. The van der Waals surface area contributed by atoms with E-state index in [-0.39, 0.29) is 25.1 Å². The molecule has 4 rings (SSSR count). The summed E-state index contributed by atoms with van der Waals surface area (Å²) in [5, 5.41) is 24.1. The van der Waals surface area contributed by atoms with E-state index in [4.69, 9.17) is 13.9 Å². The van der Waals surface area contributed by atoms with E-state index in [1.165, 1.54) is 0 Å². The van der Waals surface area contributed by atoms with Crippen molar-refractivity contribution in [3.8, 4) is 5.75 Å². The second kappa shape index (κ2) is 12.4. The topological polar surface area (TPSA) is 92.4 Å². The van der Waals surface area contributed by atoms with Crippen molar-refractivity contribution in [1.29, 1.82) is 0 Å². The molecule has 0 spiro atoms. The minimum Gasteiger partial charge on any atom is -0.482 e.